The van der Waals surface area contributed by atoms with Crippen LogP contribution in [0.25, 0.3) is 0 Å². The van der Waals surface area contributed by atoms with Crippen LogP contribution >= 0.6 is 0 Å². The van der Waals surface area contributed by atoms with Crippen LogP contribution in [0.2, 0.25) is 0 Å². The molecule has 1 aliphatic heterocycles. The van der Waals surface area contributed by atoms with Crippen LogP contribution in [0.1, 0.15) is 19.6 Å². The lowest BCUT2D eigenvalue weighted by molar-refractivity contribution is 0.154. The molecule has 1 aromatic heterocycles. The molecule has 84 valence electrons. The van der Waals surface area contributed by atoms with E-state index in [2.05, 4.69) is 24.1 Å². The van der Waals surface area contributed by atoms with Gasteiger partial charge in [-0.1, -0.05) is 0 Å². The first kappa shape index (κ1) is 10.7. The van der Waals surface area contributed by atoms with Crippen molar-refractivity contribution in [3.8, 4) is 0 Å². The molecule has 1 fully saturated rings. The average Bonchev–Trinajstić information content (AvgIpc) is 2.65. The Morgan fingerprint density at radius 2 is 2.40 bits per heavy atom. The van der Waals surface area contributed by atoms with Gasteiger partial charge in [-0.25, -0.2) is 0 Å². The van der Waals surface area contributed by atoms with E-state index in [4.69, 9.17) is 4.42 Å². The van der Waals surface area contributed by atoms with Crippen molar-refractivity contribution in [2.75, 3.05) is 26.2 Å². The highest BCUT2D eigenvalue weighted by molar-refractivity contribution is 4.99. The Labute approximate surface area is 91.4 Å². The van der Waals surface area contributed by atoms with E-state index in [1.54, 1.807) is 6.26 Å². The lowest BCUT2D eigenvalue weighted by Gasteiger charge is -2.39. The highest BCUT2D eigenvalue weighted by atomic mass is 16.3. The normalized spacial score (nSPS) is 21.7. The van der Waals surface area contributed by atoms with Gasteiger partial charge in [0, 0.05) is 38.1 Å². The summed E-state index contributed by atoms with van der Waals surface area (Å²) < 4.78 is 5.33. The van der Waals surface area contributed by atoms with Crippen LogP contribution in [0.5, 0.6) is 0 Å². The predicted molar refractivity (Wildman–Crippen MR) is 60.9 cm³/mol. The molecule has 0 unspecified atom stereocenters. The maximum Gasteiger partial charge on any atom is 0.105 e. The Balaban J connectivity index is 1.80. The van der Waals surface area contributed by atoms with Gasteiger partial charge in [0.1, 0.15) is 5.76 Å². The van der Waals surface area contributed by atoms with E-state index < -0.39 is 0 Å². The van der Waals surface area contributed by atoms with Crippen molar-refractivity contribution in [3.63, 3.8) is 0 Å². The van der Waals surface area contributed by atoms with Crippen LogP contribution in [0.15, 0.2) is 22.8 Å². The summed E-state index contributed by atoms with van der Waals surface area (Å²) in [5, 5.41) is 3.52. The number of nitrogens with one attached hydrogen (secondary N) is 1. The molecule has 2 heterocycles. The second kappa shape index (κ2) is 4.37. The highest BCUT2D eigenvalue weighted by Gasteiger charge is 2.25. The maximum atomic E-state index is 5.33. The quantitative estimate of drug-likeness (QED) is 0.816. The molecule has 15 heavy (non-hydrogen) atoms. The fraction of sp³-hybridized carbons (Fsp3) is 0.667. The smallest absolute Gasteiger partial charge is 0.105 e. The first-order chi connectivity index (χ1) is 7.16. The zero-order valence-corrected chi connectivity index (χ0v) is 9.62. The summed E-state index contributed by atoms with van der Waals surface area (Å²) in [5.74, 6) is 1.09. The summed E-state index contributed by atoms with van der Waals surface area (Å²) in [7, 11) is 0. The Morgan fingerprint density at radius 3 is 3.07 bits per heavy atom. The molecule has 3 heteroatoms. The van der Waals surface area contributed by atoms with Gasteiger partial charge >= 0.3 is 0 Å². The molecule has 1 saturated heterocycles. The SMILES string of the molecule is CC1(C)CN(CCc2ccco2)CCN1. The second-order valence-corrected chi connectivity index (χ2v) is 4.92. The van der Waals surface area contributed by atoms with E-state index in [0.29, 0.717) is 0 Å². The van der Waals surface area contributed by atoms with E-state index >= 15 is 0 Å². The van der Waals surface area contributed by atoms with Crippen molar-refractivity contribution in [3.05, 3.63) is 24.2 Å². The summed E-state index contributed by atoms with van der Waals surface area (Å²) in [6.07, 6.45) is 2.76. The number of hydrogen-bond acceptors (Lipinski definition) is 3. The molecule has 1 N–H and O–H groups in total. The standard InChI is InChI=1S/C12H20N2O/c1-12(2)10-14(8-6-13-12)7-5-11-4-3-9-15-11/h3-4,9,13H,5-8,10H2,1-2H3. The topological polar surface area (TPSA) is 28.4 Å². The van der Waals surface area contributed by atoms with Gasteiger partial charge in [-0.2, -0.15) is 0 Å². The Kier molecular flexibility index (Phi) is 3.12. The molecule has 0 saturated carbocycles. The Bertz CT molecular complexity index is 293. The molecule has 0 radical (unpaired) electrons. The van der Waals surface area contributed by atoms with E-state index in [-0.39, 0.29) is 5.54 Å². The largest absolute Gasteiger partial charge is 0.469 e. The summed E-state index contributed by atoms with van der Waals surface area (Å²) in [6.45, 7) is 8.96. The van der Waals surface area contributed by atoms with Crippen LogP contribution in [0.4, 0.5) is 0 Å². The molecule has 0 aliphatic carbocycles. The van der Waals surface area contributed by atoms with Crippen molar-refractivity contribution in [1.29, 1.82) is 0 Å². The Hall–Kier alpha value is -0.800. The number of furan rings is 1. The van der Waals surface area contributed by atoms with Gasteiger partial charge in [-0.3, -0.25) is 4.90 Å². The van der Waals surface area contributed by atoms with Crippen molar-refractivity contribution < 1.29 is 4.42 Å². The zero-order chi connectivity index (χ0) is 10.7. The van der Waals surface area contributed by atoms with Gasteiger partial charge in [-0.15, -0.1) is 0 Å². The van der Waals surface area contributed by atoms with Crippen LogP contribution in [0.3, 0.4) is 0 Å². The second-order valence-electron chi connectivity index (χ2n) is 4.92. The third-order valence-corrected chi connectivity index (χ3v) is 2.91. The first-order valence-electron chi connectivity index (χ1n) is 5.65. The van der Waals surface area contributed by atoms with Crippen molar-refractivity contribution in [1.82, 2.24) is 10.2 Å². The number of nitrogens with zero attached hydrogens (tertiary/aromatic N) is 1. The third-order valence-electron chi connectivity index (χ3n) is 2.91. The average molecular weight is 208 g/mol. The van der Waals surface area contributed by atoms with Gasteiger partial charge in [0.25, 0.3) is 0 Å². The van der Waals surface area contributed by atoms with Crippen molar-refractivity contribution in [2.24, 2.45) is 0 Å². The van der Waals surface area contributed by atoms with E-state index in [9.17, 15) is 0 Å². The van der Waals surface area contributed by atoms with Gasteiger partial charge in [-0.05, 0) is 26.0 Å². The minimum Gasteiger partial charge on any atom is -0.469 e. The molecular weight excluding hydrogens is 188 g/mol. The maximum absolute atomic E-state index is 5.33. The summed E-state index contributed by atoms with van der Waals surface area (Å²) in [4.78, 5) is 2.50. The number of piperazine rings is 1. The number of hydrogen-bond donors (Lipinski definition) is 1. The number of rotatable bonds is 3. The third kappa shape index (κ3) is 3.08. The molecule has 0 amide bonds. The van der Waals surface area contributed by atoms with Gasteiger partial charge < -0.3 is 9.73 Å². The Morgan fingerprint density at radius 1 is 1.53 bits per heavy atom. The highest BCUT2D eigenvalue weighted by Crippen LogP contribution is 2.11. The molecule has 0 bridgehead atoms. The predicted octanol–water partition coefficient (Wildman–Crippen LogP) is 1.51. The molecule has 2 rings (SSSR count). The summed E-state index contributed by atoms with van der Waals surface area (Å²) in [6, 6.07) is 4.00. The lowest BCUT2D eigenvalue weighted by atomic mass is 10.0. The van der Waals surface area contributed by atoms with Crippen LogP contribution in [-0.4, -0.2) is 36.6 Å². The van der Waals surface area contributed by atoms with Crippen molar-refractivity contribution in [2.45, 2.75) is 25.8 Å². The molecule has 1 aromatic rings. The molecule has 1 aliphatic rings. The van der Waals surface area contributed by atoms with Crippen LogP contribution in [0, 0.1) is 0 Å². The molecular formula is C12H20N2O. The monoisotopic (exact) mass is 208 g/mol. The van der Waals surface area contributed by atoms with Gasteiger partial charge in [0.05, 0.1) is 6.26 Å². The van der Waals surface area contributed by atoms with E-state index in [0.717, 1.165) is 38.4 Å². The summed E-state index contributed by atoms with van der Waals surface area (Å²) >= 11 is 0. The fourth-order valence-electron chi connectivity index (χ4n) is 2.16. The van der Waals surface area contributed by atoms with Crippen molar-refractivity contribution >= 4 is 0 Å². The van der Waals surface area contributed by atoms with Crippen LogP contribution in [-0.2, 0) is 6.42 Å². The minimum atomic E-state index is 0.251. The van der Waals surface area contributed by atoms with Crippen LogP contribution < -0.4 is 5.32 Å². The first-order valence-corrected chi connectivity index (χ1v) is 5.65. The minimum absolute atomic E-state index is 0.251. The molecule has 3 nitrogen and oxygen atoms in total. The van der Waals surface area contributed by atoms with Gasteiger partial charge in [0.2, 0.25) is 0 Å². The lowest BCUT2D eigenvalue weighted by Crippen LogP contribution is -2.57. The van der Waals surface area contributed by atoms with E-state index in [1.807, 2.05) is 12.1 Å². The molecule has 0 atom stereocenters. The van der Waals surface area contributed by atoms with E-state index in [1.165, 1.54) is 0 Å². The molecule has 0 aromatic carbocycles. The fourth-order valence-corrected chi connectivity index (χ4v) is 2.16. The zero-order valence-electron chi connectivity index (χ0n) is 9.62. The molecule has 0 spiro atoms. The van der Waals surface area contributed by atoms with Gasteiger partial charge in [0.15, 0.2) is 0 Å². The summed E-state index contributed by atoms with van der Waals surface area (Å²) in [5.41, 5.74) is 0.251.